The molecule has 1 heterocycles. The minimum Gasteiger partial charge on any atom is -0.462 e. The second kappa shape index (κ2) is 6.03. The van der Waals surface area contributed by atoms with Crippen LogP contribution in [0.2, 0.25) is 0 Å². The van der Waals surface area contributed by atoms with E-state index in [2.05, 4.69) is 25.3 Å². The van der Waals surface area contributed by atoms with E-state index in [4.69, 9.17) is 4.74 Å². The number of hydrogen-bond acceptors (Lipinski definition) is 2. The summed E-state index contributed by atoms with van der Waals surface area (Å²) in [5.74, 6) is -0.103. The molecule has 1 aromatic heterocycles. The Labute approximate surface area is 110 Å². The first-order valence-electron chi connectivity index (χ1n) is 6.49. The average molecular weight is 253 g/mol. The maximum absolute atomic E-state index is 11.7. The molecule has 0 aliphatic carbocycles. The van der Waals surface area contributed by atoms with E-state index in [9.17, 15) is 4.79 Å². The first-order valence-corrected chi connectivity index (χ1v) is 6.49. The van der Waals surface area contributed by atoms with Gasteiger partial charge >= 0.3 is 5.97 Å². The van der Waals surface area contributed by atoms with Crippen molar-refractivity contribution in [2.45, 2.75) is 53.2 Å². The number of carbonyl (C=O) groups excluding carboxylic acids is 1. The van der Waals surface area contributed by atoms with Gasteiger partial charge in [0.25, 0.3) is 0 Å². The minimum absolute atomic E-state index is 0.00381. The van der Waals surface area contributed by atoms with E-state index in [1.807, 2.05) is 37.3 Å². The standard InChI is InChI=1S/C14H25N2O2/c1-12(14(2,3)4)18-13(17)7-6-8-16-10-9-15(5)11-16/h9-12H,6-8H2,1-5H3/q+1/t12-/m1/s1. The fourth-order valence-corrected chi connectivity index (χ4v) is 1.47. The maximum atomic E-state index is 11.7. The Bertz CT molecular complexity index is 391. The Balaban J connectivity index is 2.25. The third kappa shape index (κ3) is 4.90. The summed E-state index contributed by atoms with van der Waals surface area (Å²) in [5.41, 5.74) is 0.00381. The molecule has 1 atom stereocenters. The molecule has 0 bridgehead atoms. The van der Waals surface area contributed by atoms with E-state index in [-0.39, 0.29) is 17.5 Å². The lowest BCUT2D eigenvalue weighted by atomic mass is 9.90. The Morgan fingerprint density at radius 3 is 2.61 bits per heavy atom. The zero-order valence-electron chi connectivity index (χ0n) is 12.1. The lowest BCUT2D eigenvalue weighted by Crippen LogP contribution is -2.32. The van der Waals surface area contributed by atoms with E-state index in [0.717, 1.165) is 13.0 Å². The smallest absolute Gasteiger partial charge is 0.306 e. The molecule has 0 N–H and O–H groups in total. The highest BCUT2D eigenvalue weighted by atomic mass is 16.5. The summed E-state index contributed by atoms with van der Waals surface area (Å²) in [6.45, 7) is 9.02. The zero-order valence-corrected chi connectivity index (χ0v) is 12.1. The van der Waals surface area contributed by atoms with Gasteiger partial charge in [-0.25, -0.2) is 9.13 Å². The van der Waals surface area contributed by atoms with Gasteiger partial charge in [-0.1, -0.05) is 20.8 Å². The normalized spacial score (nSPS) is 13.4. The van der Waals surface area contributed by atoms with Crippen LogP contribution in [-0.2, 0) is 23.1 Å². The topological polar surface area (TPSA) is 35.1 Å². The van der Waals surface area contributed by atoms with Crippen LogP contribution in [0.4, 0.5) is 0 Å². The van der Waals surface area contributed by atoms with Crippen molar-refractivity contribution in [1.29, 1.82) is 0 Å². The summed E-state index contributed by atoms with van der Waals surface area (Å²) >= 11 is 0. The molecule has 0 unspecified atom stereocenters. The van der Waals surface area contributed by atoms with Crippen LogP contribution in [0.5, 0.6) is 0 Å². The Kier molecular flexibility index (Phi) is 4.93. The number of carbonyl (C=O) groups is 1. The molecule has 0 aliphatic heterocycles. The van der Waals surface area contributed by atoms with Crippen molar-refractivity contribution < 1.29 is 14.1 Å². The van der Waals surface area contributed by atoms with Gasteiger partial charge in [-0.3, -0.25) is 4.79 Å². The van der Waals surface area contributed by atoms with E-state index < -0.39 is 0 Å². The second-order valence-corrected chi connectivity index (χ2v) is 5.92. The highest BCUT2D eigenvalue weighted by Gasteiger charge is 2.23. The summed E-state index contributed by atoms with van der Waals surface area (Å²) < 4.78 is 9.46. The Hall–Kier alpha value is -1.32. The van der Waals surface area contributed by atoms with Gasteiger partial charge in [-0.05, 0) is 18.8 Å². The molecular weight excluding hydrogens is 228 g/mol. The SMILES string of the molecule is C[C@@H](OC(=O)CCC[n+]1ccn(C)c1)C(C)(C)C. The molecule has 0 aromatic carbocycles. The first-order chi connectivity index (χ1) is 8.29. The monoisotopic (exact) mass is 253 g/mol. The average Bonchev–Trinajstić information content (AvgIpc) is 2.62. The van der Waals surface area contributed by atoms with Crippen LogP contribution < -0.4 is 4.57 Å². The fourth-order valence-electron chi connectivity index (χ4n) is 1.47. The summed E-state index contributed by atoms with van der Waals surface area (Å²) in [6, 6.07) is 0. The molecule has 0 fully saturated rings. The van der Waals surface area contributed by atoms with Crippen LogP contribution in [-0.4, -0.2) is 16.6 Å². The molecule has 4 heteroatoms. The van der Waals surface area contributed by atoms with Gasteiger partial charge in [0, 0.05) is 6.42 Å². The number of nitrogens with zero attached hydrogens (tertiary/aromatic N) is 2. The summed E-state index contributed by atoms with van der Waals surface area (Å²) in [6.07, 6.45) is 7.23. The van der Waals surface area contributed by atoms with E-state index in [1.165, 1.54) is 0 Å². The predicted octanol–water partition coefficient (Wildman–Crippen LogP) is 2.07. The quantitative estimate of drug-likeness (QED) is 0.595. The third-order valence-electron chi connectivity index (χ3n) is 3.15. The number of aromatic nitrogens is 2. The van der Waals surface area contributed by atoms with Crippen LogP contribution in [0.3, 0.4) is 0 Å². The van der Waals surface area contributed by atoms with Crippen molar-refractivity contribution in [3.05, 3.63) is 18.7 Å². The number of hydrogen-bond donors (Lipinski definition) is 0. The van der Waals surface area contributed by atoms with Gasteiger partial charge in [0.1, 0.15) is 18.5 Å². The lowest BCUT2D eigenvalue weighted by molar-refractivity contribution is -0.696. The van der Waals surface area contributed by atoms with Crippen LogP contribution in [0.15, 0.2) is 18.7 Å². The van der Waals surface area contributed by atoms with Gasteiger partial charge < -0.3 is 4.74 Å². The van der Waals surface area contributed by atoms with Crippen molar-refractivity contribution >= 4 is 5.97 Å². The van der Waals surface area contributed by atoms with Crippen molar-refractivity contribution in [2.24, 2.45) is 12.5 Å². The number of rotatable bonds is 5. The van der Waals surface area contributed by atoms with Crippen LogP contribution in [0.25, 0.3) is 0 Å². The Morgan fingerprint density at radius 2 is 2.11 bits per heavy atom. The molecule has 0 spiro atoms. The van der Waals surface area contributed by atoms with Crippen LogP contribution in [0.1, 0.15) is 40.5 Å². The van der Waals surface area contributed by atoms with Gasteiger partial charge in [0.05, 0.1) is 13.6 Å². The molecule has 1 rings (SSSR count). The van der Waals surface area contributed by atoms with E-state index >= 15 is 0 Å². The van der Waals surface area contributed by atoms with E-state index in [0.29, 0.717) is 6.42 Å². The molecule has 4 nitrogen and oxygen atoms in total. The van der Waals surface area contributed by atoms with Crippen molar-refractivity contribution in [3.63, 3.8) is 0 Å². The van der Waals surface area contributed by atoms with E-state index in [1.54, 1.807) is 0 Å². The molecule has 102 valence electrons. The summed E-state index contributed by atoms with van der Waals surface area (Å²) in [4.78, 5) is 11.7. The first kappa shape index (κ1) is 14.7. The number of aryl methyl sites for hydroxylation is 2. The molecule has 0 saturated heterocycles. The fraction of sp³-hybridized carbons (Fsp3) is 0.714. The number of esters is 1. The van der Waals surface area contributed by atoms with Crippen molar-refractivity contribution in [1.82, 2.24) is 4.57 Å². The van der Waals surface area contributed by atoms with Gasteiger partial charge in [0.2, 0.25) is 6.33 Å². The molecule has 18 heavy (non-hydrogen) atoms. The molecule has 1 aromatic rings. The van der Waals surface area contributed by atoms with Crippen LogP contribution in [0, 0.1) is 5.41 Å². The number of ether oxygens (including phenoxy) is 1. The lowest BCUT2D eigenvalue weighted by Gasteiger charge is -2.26. The van der Waals surface area contributed by atoms with Gasteiger partial charge in [0.15, 0.2) is 0 Å². The Morgan fingerprint density at radius 1 is 1.44 bits per heavy atom. The second-order valence-electron chi connectivity index (χ2n) is 5.92. The number of imidazole rings is 1. The molecule has 0 amide bonds. The highest BCUT2D eigenvalue weighted by Crippen LogP contribution is 2.22. The maximum Gasteiger partial charge on any atom is 0.306 e. The molecule has 0 aliphatic rings. The molecule has 0 radical (unpaired) electrons. The largest absolute Gasteiger partial charge is 0.462 e. The van der Waals surface area contributed by atoms with Crippen molar-refractivity contribution in [2.75, 3.05) is 0 Å². The van der Waals surface area contributed by atoms with Gasteiger partial charge in [-0.15, -0.1) is 0 Å². The predicted molar refractivity (Wildman–Crippen MR) is 69.9 cm³/mol. The van der Waals surface area contributed by atoms with Crippen LogP contribution >= 0.6 is 0 Å². The minimum atomic E-state index is -0.103. The third-order valence-corrected chi connectivity index (χ3v) is 3.15. The van der Waals surface area contributed by atoms with Gasteiger partial charge in [-0.2, -0.15) is 0 Å². The zero-order chi connectivity index (χ0) is 13.8. The highest BCUT2D eigenvalue weighted by molar-refractivity contribution is 5.69. The molecular formula is C14H25N2O2+. The van der Waals surface area contributed by atoms with Crippen molar-refractivity contribution in [3.8, 4) is 0 Å². The summed E-state index contributed by atoms with van der Waals surface area (Å²) in [7, 11) is 1.98. The summed E-state index contributed by atoms with van der Waals surface area (Å²) in [5, 5.41) is 0. The molecule has 0 saturated carbocycles.